The van der Waals surface area contributed by atoms with Gasteiger partial charge in [0.15, 0.2) is 5.82 Å². The Hall–Kier alpha value is -1.52. The average molecular weight is 519 g/mol. The Balaban J connectivity index is 1.85. The molecule has 0 aliphatic rings. The van der Waals surface area contributed by atoms with Crippen molar-refractivity contribution in [1.82, 2.24) is 20.0 Å². The number of benzene rings is 1. The quantitative estimate of drug-likeness (QED) is 0.527. The van der Waals surface area contributed by atoms with Gasteiger partial charge < -0.3 is 5.32 Å². The first-order chi connectivity index (χ1) is 11.5. The van der Waals surface area contributed by atoms with E-state index in [1.807, 2.05) is 19.1 Å². The lowest BCUT2D eigenvalue weighted by atomic mass is 10.1. The molecule has 1 aromatic carbocycles. The van der Waals surface area contributed by atoms with Crippen LogP contribution in [0.3, 0.4) is 0 Å². The molecule has 1 N–H and O–H groups in total. The molecule has 0 saturated carbocycles. The molecule has 0 bridgehead atoms. The second kappa shape index (κ2) is 7.16. The molecule has 3 rings (SSSR count). The van der Waals surface area contributed by atoms with Gasteiger partial charge in [-0.3, -0.25) is 4.79 Å². The van der Waals surface area contributed by atoms with E-state index in [-0.39, 0.29) is 5.91 Å². The summed E-state index contributed by atoms with van der Waals surface area (Å²) in [6.07, 6.45) is 4.58. The molecule has 0 fully saturated rings. The maximum atomic E-state index is 12.5. The van der Waals surface area contributed by atoms with Crippen molar-refractivity contribution < 1.29 is 4.79 Å². The summed E-state index contributed by atoms with van der Waals surface area (Å²) in [5, 5.41) is 11.1. The van der Waals surface area contributed by atoms with Crippen LogP contribution in [0.2, 0.25) is 5.02 Å². The highest BCUT2D eigenvalue weighted by Crippen LogP contribution is 2.25. The normalized spacial score (nSPS) is 10.7. The number of hydrogen-bond acceptors (Lipinski definition) is 4. The van der Waals surface area contributed by atoms with E-state index in [0.717, 1.165) is 13.6 Å². The van der Waals surface area contributed by atoms with Gasteiger partial charge >= 0.3 is 0 Å². The SMILES string of the molecule is Cc1cc(Br)c(I)cc1C(=O)Nc1cnc(-n2nccn2)c(Cl)c1. The Labute approximate surface area is 164 Å². The zero-order valence-corrected chi connectivity index (χ0v) is 16.8. The van der Waals surface area contributed by atoms with Crippen molar-refractivity contribution in [3.05, 3.63) is 61.0 Å². The third kappa shape index (κ3) is 3.60. The lowest BCUT2D eigenvalue weighted by Crippen LogP contribution is -2.14. The fourth-order valence-electron chi connectivity index (χ4n) is 2.06. The highest BCUT2D eigenvalue weighted by Gasteiger charge is 2.14. The van der Waals surface area contributed by atoms with Gasteiger partial charge in [-0.25, -0.2) is 4.98 Å². The Morgan fingerprint density at radius 2 is 2.00 bits per heavy atom. The second-order valence-corrected chi connectivity index (χ2v) is 7.31. The van der Waals surface area contributed by atoms with Crippen LogP contribution >= 0.6 is 50.1 Å². The number of carbonyl (C=O) groups excluding carboxylic acids is 1. The molecule has 9 heteroatoms. The summed E-state index contributed by atoms with van der Waals surface area (Å²) in [6.45, 7) is 1.88. The number of carbonyl (C=O) groups is 1. The zero-order chi connectivity index (χ0) is 17.3. The van der Waals surface area contributed by atoms with Crippen LogP contribution in [0.1, 0.15) is 15.9 Å². The predicted molar refractivity (Wildman–Crippen MR) is 104 cm³/mol. The topological polar surface area (TPSA) is 72.7 Å². The molecule has 0 aliphatic heterocycles. The minimum Gasteiger partial charge on any atom is -0.321 e. The van der Waals surface area contributed by atoms with Gasteiger partial charge in [-0.2, -0.15) is 10.2 Å². The van der Waals surface area contributed by atoms with E-state index in [1.54, 1.807) is 6.07 Å². The monoisotopic (exact) mass is 517 g/mol. The maximum Gasteiger partial charge on any atom is 0.256 e. The summed E-state index contributed by atoms with van der Waals surface area (Å²) in [5.41, 5.74) is 1.96. The number of rotatable bonds is 3. The maximum absolute atomic E-state index is 12.5. The molecule has 2 aromatic heterocycles. The molecule has 122 valence electrons. The largest absolute Gasteiger partial charge is 0.321 e. The molecule has 0 saturated heterocycles. The van der Waals surface area contributed by atoms with Gasteiger partial charge in [-0.1, -0.05) is 11.6 Å². The van der Waals surface area contributed by atoms with Crippen molar-refractivity contribution >= 4 is 61.7 Å². The summed E-state index contributed by atoms with van der Waals surface area (Å²) in [4.78, 5) is 18.0. The molecule has 0 spiro atoms. The molecular weight excluding hydrogens is 508 g/mol. The molecule has 0 atom stereocenters. The molecule has 24 heavy (non-hydrogen) atoms. The van der Waals surface area contributed by atoms with Gasteiger partial charge in [0.25, 0.3) is 5.91 Å². The summed E-state index contributed by atoms with van der Waals surface area (Å²) < 4.78 is 1.91. The van der Waals surface area contributed by atoms with Crippen LogP contribution in [0, 0.1) is 10.5 Å². The van der Waals surface area contributed by atoms with Crippen LogP contribution in [0.4, 0.5) is 5.69 Å². The number of aryl methyl sites for hydroxylation is 1. The Morgan fingerprint density at radius 3 is 2.67 bits per heavy atom. The van der Waals surface area contributed by atoms with Crippen molar-refractivity contribution in [2.45, 2.75) is 6.92 Å². The van der Waals surface area contributed by atoms with Crippen LogP contribution in [0.5, 0.6) is 0 Å². The Kier molecular flexibility index (Phi) is 5.16. The highest BCUT2D eigenvalue weighted by atomic mass is 127. The second-order valence-electron chi connectivity index (χ2n) is 4.88. The summed E-state index contributed by atoms with van der Waals surface area (Å²) >= 11 is 11.8. The van der Waals surface area contributed by atoms with Gasteiger partial charge in [0.2, 0.25) is 0 Å². The van der Waals surface area contributed by atoms with Crippen LogP contribution in [-0.2, 0) is 0 Å². The average Bonchev–Trinajstić information content (AvgIpc) is 3.05. The first-order valence-corrected chi connectivity index (χ1v) is 9.00. The fraction of sp³-hybridized carbons (Fsp3) is 0.0667. The van der Waals surface area contributed by atoms with Crippen molar-refractivity contribution in [3.63, 3.8) is 0 Å². The Morgan fingerprint density at radius 1 is 1.29 bits per heavy atom. The van der Waals surface area contributed by atoms with Crippen molar-refractivity contribution in [2.24, 2.45) is 0 Å². The van der Waals surface area contributed by atoms with E-state index in [2.05, 4.69) is 59.0 Å². The number of nitrogens with one attached hydrogen (secondary N) is 1. The molecule has 0 radical (unpaired) electrons. The number of halogens is 3. The van der Waals surface area contributed by atoms with E-state index >= 15 is 0 Å². The molecule has 0 unspecified atom stereocenters. The van der Waals surface area contributed by atoms with E-state index in [9.17, 15) is 4.79 Å². The van der Waals surface area contributed by atoms with Crippen LogP contribution < -0.4 is 5.32 Å². The highest BCUT2D eigenvalue weighted by molar-refractivity contribution is 14.1. The predicted octanol–water partition coefficient (Wildman–Crippen LogP) is 4.24. The van der Waals surface area contributed by atoms with Gasteiger partial charge in [-0.15, -0.1) is 4.80 Å². The standard InChI is InChI=1S/C15H10BrClIN5O/c1-8-4-11(16)13(18)6-10(8)15(24)22-9-5-12(17)14(19-7-9)23-20-2-3-21-23/h2-7H,1H3,(H,22,24). The van der Waals surface area contributed by atoms with E-state index < -0.39 is 0 Å². The van der Waals surface area contributed by atoms with Crippen LogP contribution in [0.25, 0.3) is 5.82 Å². The number of hydrogen-bond donors (Lipinski definition) is 1. The number of aromatic nitrogens is 4. The molecule has 3 aromatic rings. The molecule has 1 amide bonds. The van der Waals surface area contributed by atoms with Crippen molar-refractivity contribution in [2.75, 3.05) is 5.32 Å². The lowest BCUT2D eigenvalue weighted by molar-refractivity contribution is 0.102. The van der Waals surface area contributed by atoms with E-state index in [1.165, 1.54) is 23.4 Å². The molecule has 2 heterocycles. The fourth-order valence-corrected chi connectivity index (χ4v) is 3.23. The molecule has 6 nitrogen and oxygen atoms in total. The summed E-state index contributed by atoms with van der Waals surface area (Å²) in [6, 6.07) is 5.35. The number of amides is 1. The minimum absolute atomic E-state index is 0.222. The van der Waals surface area contributed by atoms with Crippen LogP contribution in [0.15, 0.2) is 41.3 Å². The third-order valence-corrected chi connectivity index (χ3v) is 5.77. The number of pyridine rings is 1. The van der Waals surface area contributed by atoms with Gasteiger partial charge in [-0.05, 0) is 69.2 Å². The molecule has 0 aliphatic carbocycles. The van der Waals surface area contributed by atoms with Crippen molar-refractivity contribution in [3.8, 4) is 5.82 Å². The van der Waals surface area contributed by atoms with Crippen LogP contribution in [-0.4, -0.2) is 25.9 Å². The van der Waals surface area contributed by atoms with E-state index in [4.69, 9.17) is 11.6 Å². The van der Waals surface area contributed by atoms with E-state index in [0.29, 0.717) is 22.1 Å². The minimum atomic E-state index is -0.222. The van der Waals surface area contributed by atoms with Gasteiger partial charge in [0.05, 0.1) is 29.3 Å². The number of anilines is 1. The Bertz CT molecular complexity index is 916. The van der Waals surface area contributed by atoms with Gasteiger partial charge in [0, 0.05) is 13.6 Å². The first-order valence-electron chi connectivity index (χ1n) is 6.75. The summed E-state index contributed by atoms with van der Waals surface area (Å²) in [5.74, 6) is 0.176. The number of nitrogens with zero attached hydrogens (tertiary/aromatic N) is 4. The van der Waals surface area contributed by atoms with Gasteiger partial charge in [0.1, 0.15) is 0 Å². The zero-order valence-electron chi connectivity index (χ0n) is 12.3. The molecular formula is C15H10BrClIN5O. The smallest absolute Gasteiger partial charge is 0.256 e. The summed E-state index contributed by atoms with van der Waals surface area (Å²) in [7, 11) is 0. The lowest BCUT2D eigenvalue weighted by Gasteiger charge is -2.10. The van der Waals surface area contributed by atoms with Crippen molar-refractivity contribution in [1.29, 1.82) is 0 Å². The third-order valence-electron chi connectivity index (χ3n) is 3.20. The first kappa shape index (κ1) is 17.3.